The normalized spacial score (nSPS) is 30.1. The van der Waals surface area contributed by atoms with Crippen molar-refractivity contribution in [1.29, 1.82) is 0 Å². The van der Waals surface area contributed by atoms with Crippen LogP contribution in [0.1, 0.15) is 6.23 Å². The zero-order valence-electron chi connectivity index (χ0n) is 10.3. The topological polar surface area (TPSA) is 166 Å². The predicted molar refractivity (Wildman–Crippen MR) is 67.2 cm³/mol. The fourth-order valence-electron chi connectivity index (χ4n) is 2.23. The highest BCUT2D eigenvalue weighted by Crippen LogP contribution is 2.31. The van der Waals surface area contributed by atoms with Gasteiger partial charge in [-0.3, -0.25) is 0 Å². The van der Waals surface area contributed by atoms with Gasteiger partial charge in [-0.25, -0.2) is 4.68 Å². The van der Waals surface area contributed by atoms with Crippen LogP contribution < -0.4 is 11.5 Å². The number of anilines is 2. The van der Waals surface area contributed by atoms with Gasteiger partial charge in [-0.15, -0.1) is 0 Å². The van der Waals surface area contributed by atoms with Crippen LogP contribution in [0, 0.1) is 0 Å². The molecule has 20 heavy (non-hydrogen) atoms. The minimum absolute atomic E-state index is 0.0384. The van der Waals surface area contributed by atoms with Gasteiger partial charge in [0.2, 0.25) is 5.95 Å². The van der Waals surface area contributed by atoms with Crippen molar-refractivity contribution in [2.45, 2.75) is 24.5 Å². The molecule has 0 bridgehead atoms. The lowest BCUT2D eigenvalue weighted by Crippen LogP contribution is -2.33. The van der Waals surface area contributed by atoms with Crippen LogP contribution >= 0.6 is 0 Å². The van der Waals surface area contributed by atoms with Crippen LogP contribution in [0.25, 0.3) is 11.0 Å². The van der Waals surface area contributed by atoms with Gasteiger partial charge in [0, 0.05) is 0 Å². The average Bonchev–Trinajstić information content (AvgIpc) is 2.93. The van der Waals surface area contributed by atoms with Crippen LogP contribution in [0.3, 0.4) is 0 Å². The molecular weight excluding hydrogens is 268 g/mol. The molecule has 2 aromatic heterocycles. The predicted octanol–water partition coefficient (Wildman–Crippen LogP) is -2.40. The summed E-state index contributed by atoms with van der Waals surface area (Å²) < 4.78 is 6.63. The lowest BCUT2D eigenvalue weighted by Gasteiger charge is -2.15. The molecule has 1 fully saturated rings. The standard InChI is InChI=1S/C10H14N6O4/c11-7-3-1-13-16(8(3)15-10(12)14-7)9-6(19)5(18)4(2-17)20-9/h1,4-6,9,17-19H,2H2,(H4,11,12,14,15). The van der Waals surface area contributed by atoms with Crippen molar-refractivity contribution in [3.63, 3.8) is 0 Å². The Balaban J connectivity index is 2.07. The average molecular weight is 282 g/mol. The number of fused-ring (bicyclic) bond motifs is 1. The maximum atomic E-state index is 9.98. The molecule has 1 aliphatic heterocycles. The number of rotatable bonds is 2. The summed E-state index contributed by atoms with van der Waals surface area (Å²) in [6, 6.07) is 0. The van der Waals surface area contributed by atoms with E-state index in [0.717, 1.165) is 0 Å². The van der Waals surface area contributed by atoms with Gasteiger partial charge in [0.15, 0.2) is 11.9 Å². The molecule has 4 unspecified atom stereocenters. The summed E-state index contributed by atoms with van der Waals surface area (Å²) >= 11 is 0. The Kier molecular flexibility index (Phi) is 2.94. The van der Waals surface area contributed by atoms with E-state index >= 15 is 0 Å². The number of aliphatic hydroxyl groups is 3. The van der Waals surface area contributed by atoms with E-state index in [4.69, 9.17) is 21.3 Å². The Hall–Kier alpha value is -2.01. The molecule has 3 rings (SSSR count). The molecular formula is C10H14N6O4. The van der Waals surface area contributed by atoms with E-state index in [1.807, 2.05) is 0 Å². The fraction of sp³-hybridized carbons (Fsp3) is 0.500. The van der Waals surface area contributed by atoms with Gasteiger partial charge in [-0.2, -0.15) is 15.1 Å². The van der Waals surface area contributed by atoms with E-state index < -0.39 is 31.1 Å². The van der Waals surface area contributed by atoms with Crippen molar-refractivity contribution in [1.82, 2.24) is 19.7 Å². The van der Waals surface area contributed by atoms with Crippen molar-refractivity contribution in [2.75, 3.05) is 18.1 Å². The molecule has 0 aromatic carbocycles. The zero-order chi connectivity index (χ0) is 14.4. The highest BCUT2D eigenvalue weighted by atomic mass is 16.6. The van der Waals surface area contributed by atoms with Crippen molar-refractivity contribution in [3.8, 4) is 0 Å². The summed E-state index contributed by atoms with van der Waals surface area (Å²) in [6.07, 6.45) is -2.95. The van der Waals surface area contributed by atoms with Gasteiger partial charge in [-0.1, -0.05) is 0 Å². The van der Waals surface area contributed by atoms with Crippen LogP contribution in [0.2, 0.25) is 0 Å². The summed E-state index contributed by atoms with van der Waals surface area (Å²) in [5, 5.41) is 33.3. The van der Waals surface area contributed by atoms with Crippen molar-refractivity contribution < 1.29 is 20.1 Å². The molecule has 0 radical (unpaired) electrons. The summed E-state index contributed by atoms with van der Waals surface area (Å²) in [5.41, 5.74) is 11.5. The third kappa shape index (κ3) is 1.78. The van der Waals surface area contributed by atoms with E-state index in [1.54, 1.807) is 0 Å². The third-order valence-corrected chi connectivity index (χ3v) is 3.26. The number of aliphatic hydroxyl groups excluding tert-OH is 3. The molecule has 0 aliphatic carbocycles. The summed E-state index contributed by atoms with van der Waals surface area (Å²) in [5.74, 6) is 0.119. The Labute approximate surface area is 112 Å². The minimum Gasteiger partial charge on any atom is -0.394 e. The fourth-order valence-corrected chi connectivity index (χ4v) is 2.23. The van der Waals surface area contributed by atoms with Crippen molar-refractivity contribution in [3.05, 3.63) is 6.20 Å². The Bertz CT molecular complexity index is 646. The lowest BCUT2D eigenvalue weighted by atomic mass is 10.1. The quantitative estimate of drug-likeness (QED) is 0.403. The second kappa shape index (κ2) is 4.52. The molecule has 0 spiro atoms. The van der Waals surface area contributed by atoms with Crippen LogP contribution in [-0.2, 0) is 4.74 Å². The third-order valence-electron chi connectivity index (χ3n) is 3.26. The number of aromatic nitrogens is 4. The first-order chi connectivity index (χ1) is 9.52. The maximum Gasteiger partial charge on any atom is 0.224 e. The van der Waals surface area contributed by atoms with Crippen molar-refractivity contribution >= 4 is 22.8 Å². The first-order valence-corrected chi connectivity index (χ1v) is 5.91. The Morgan fingerprint density at radius 3 is 2.65 bits per heavy atom. The van der Waals surface area contributed by atoms with E-state index in [1.165, 1.54) is 10.9 Å². The van der Waals surface area contributed by atoms with Crippen LogP contribution in [-0.4, -0.2) is 60.0 Å². The highest BCUT2D eigenvalue weighted by molar-refractivity contribution is 5.86. The second-order valence-electron chi connectivity index (χ2n) is 4.52. The SMILES string of the molecule is Nc1nc(N)c2cnn(C3OC(CO)C(O)C3O)c2n1. The van der Waals surface area contributed by atoms with Gasteiger partial charge >= 0.3 is 0 Å². The summed E-state index contributed by atoms with van der Waals surface area (Å²) in [7, 11) is 0. The number of hydrogen-bond donors (Lipinski definition) is 5. The molecule has 2 aromatic rings. The smallest absolute Gasteiger partial charge is 0.224 e. The van der Waals surface area contributed by atoms with Crippen LogP contribution in [0.4, 0.5) is 11.8 Å². The molecule has 3 heterocycles. The van der Waals surface area contributed by atoms with Gasteiger partial charge in [0.05, 0.1) is 18.2 Å². The molecule has 10 nitrogen and oxygen atoms in total. The molecule has 10 heteroatoms. The monoisotopic (exact) mass is 282 g/mol. The molecule has 0 saturated carbocycles. The zero-order valence-corrected chi connectivity index (χ0v) is 10.3. The first-order valence-electron chi connectivity index (χ1n) is 5.91. The molecule has 7 N–H and O–H groups in total. The van der Waals surface area contributed by atoms with Crippen LogP contribution in [0.15, 0.2) is 6.20 Å². The van der Waals surface area contributed by atoms with Gasteiger partial charge in [0.1, 0.15) is 24.1 Å². The molecule has 4 atom stereocenters. The minimum atomic E-state index is -1.26. The van der Waals surface area contributed by atoms with E-state index in [-0.39, 0.29) is 17.4 Å². The van der Waals surface area contributed by atoms with E-state index in [0.29, 0.717) is 5.39 Å². The Morgan fingerprint density at radius 2 is 2.00 bits per heavy atom. The van der Waals surface area contributed by atoms with Gasteiger partial charge < -0.3 is 31.5 Å². The summed E-state index contributed by atoms with van der Waals surface area (Å²) in [6.45, 7) is -0.423. The number of nitrogens with zero attached hydrogens (tertiary/aromatic N) is 4. The highest BCUT2D eigenvalue weighted by Gasteiger charge is 2.44. The molecule has 1 aliphatic rings. The molecule has 108 valence electrons. The largest absolute Gasteiger partial charge is 0.394 e. The first kappa shape index (κ1) is 13.0. The van der Waals surface area contributed by atoms with Gasteiger partial charge in [-0.05, 0) is 0 Å². The number of nitrogens with two attached hydrogens (primary N) is 2. The number of hydrogen-bond acceptors (Lipinski definition) is 9. The Morgan fingerprint density at radius 1 is 1.25 bits per heavy atom. The van der Waals surface area contributed by atoms with E-state index in [9.17, 15) is 10.2 Å². The number of ether oxygens (including phenoxy) is 1. The van der Waals surface area contributed by atoms with Gasteiger partial charge in [0.25, 0.3) is 0 Å². The maximum absolute atomic E-state index is 9.98. The van der Waals surface area contributed by atoms with E-state index in [2.05, 4.69) is 15.1 Å². The summed E-state index contributed by atoms with van der Waals surface area (Å²) in [4.78, 5) is 7.81. The number of nitrogen functional groups attached to an aromatic ring is 2. The lowest BCUT2D eigenvalue weighted by molar-refractivity contribution is -0.0566. The molecule has 1 saturated heterocycles. The van der Waals surface area contributed by atoms with Crippen molar-refractivity contribution in [2.24, 2.45) is 0 Å². The second-order valence-corrected chi connectivity index (χ2v) is 4.52. The molecule has 0 amide bonds. The van der Waals surface area contributed by atoms with Crippen LogP contribution in [0.5, 0.6) is 0 Å².